The van der Waals surface area contributed by atoms with Gasteiger partial charge in [0.15, 0.2) is 5.82 Å². The van der Waals surface area contributed by atoms with Gasteiger partial charge >= 0.3 is 0 Å². The Hall–Kier alpha value is -2.31. The van der Waals surface area contributed by atoms with E-state index in [1.807, 2.05) is 31.6 Å². The van der Waals surface area contributed by atoms with Crippen LogP contribution in [0.25, 0.3) is 11.4 Å². The first-order valence-corrected chi connectivity index (χ1v) is 8.22. The highest BCUT2D eigenvalue weighted by atomic mass is 35.5. The van der Waals surface area contributed by atoms with Crippen LogP contribution in [0.1, 0.15) is 17.0 Å². The molecule has 24 heavy (non-hydrogen) atoms. The molecule has 4 heterocycles. The molecule has 0 aromatic carbocycles. The number of nitrogens with zero attached hydrogens (tertiary/aromatic N) is 6. The second-order valence-electron chi connectivity index (χ2n) is 5.97. The molecule has 0 amide bonds. The molecule has 0 saturated heterocycles. The molecule has 0 saturated carbocycles. The van der Waals surface area contributed by atoms with Gasteiger partial charge in [0.2, 0.25) is 0 Å². The van der Waals surface area contributed by atoms with Crippen molar-refractivity contribution in [3.8, 4) is 11.4 Å². The molecule has 3 aromatic rings. The molecule has 0 bridgehead atoms. The van der Waals surface area contributed by atoms with E-state index in [1.165, 1.54) is 5.56 Å². The summed E-state index contributed by atoms with van der Waals surface area (Å²) in [6.45, 7) is 2.49. The lowest BCUT2D eigenvalue weighted by atomic mass is 10.1. The van der Waals surface area contributed by atoms with Gasteiger partial charge in [0.05, 0.1) is 16.4 Å². The van der Waals surface area contributed by atoms with Gasteiger partial charge in [-0.25, -0.2) is 9.97 Å². The predicted octanol–water partition coefficient (Wildman–Crippen LogP) is 2.48. The Balaban J connectivity index is 1.53. The standard InChI is InChI=1S/C17H17ClN6/c1-23-10-14(18)16(22-23)11-24-6-4-15-13(9-24)8-20-17(21-15)12-3-2-5-19-7-12/h2-3,5,7-8,10H,4,6,9,11H2,1H3. The van der Waals surface area contributed by atoms with Crippen LogP contribution in [0.15, 0.2) is 36.9 Å². The van der Waals surface area contributed by atoms with Crippen LogP contribution in [0.2, 0.25) is 5.02 Å². The normalized spacial score (nSPS) is 14.6. The summed E-state index contributed by atoms with van der Waals surface area (Å²) in [5.74, 6) is 0.739. The van der Waals surface area contributed by atoms with Crippen molar-refractivity contribution in [3.05, 3.63) is 58.9 Å². The maximum absolute atomic E-state index is 6.21. The number of aryl methyl sites for hydroxylation is 1. The maximum Gasteiger partial charge on any atom is 0.160 e. The Morgan fingerprint density at radius 1 is 1.29 bits per heavy atom. The van der Waals surface area contributed by atoms with Crippen LogP contribution in [0.5, 0.6) is 0 Å². The molecule has 0 atom stereocenters. The Bertz CT molecular complexity index is 861. The zero-order chi connectivity index (χ0) is 16.5. The molecule has 0 N–H and O–H groups in total. The average molecular weight is 341 g/mol. The first-order chi connectivity index (χ1) is 11.7. The molecular formula is C17H17ClN6. The summed E-state index contributed by atoms with van der Waals surface area (Å²) in [6.07, 6.45) is 8.20. The van der Waals surface area contributed by atoms with Crippen LogP contribution in [-0.2, 0) is 26.6 Å². The Morgan fingerprint density at radius 3 is 2.96 bits per heavy atom. The number of fused-ring (bicyclic) bond motifs is 1. The van der Waals surface area contributed by atoms with Gasteiger partial charge in [0, 0.05) is 69.0 Å². The van der Waals surface area contributed by atoms with Gasteiger partial charge in [0.1, 0.15) is 0 Å². The highest BCUT2D eigenvalue weighted by Gasteiger charge is 2.20. The fourth-order valence-electron chi connectivity index (χ4n) is 2.97. The number of aromatic nitrogens is 5. The molecule has 4 rings (SSSR count). The third kappa shape index (κ3) is 3.02. The van der Waals surface area contributed by atoms with Crippen molar-refractivity contribution >= 4 is 11.6 Å². The number of pyridine rings is 1. The summed E-state index contributed by atoms with van der Waals surface area (Å²) < 4.78 is 1.75. The van der Waals surface area contributed by atoms with Crippen LogP contribution in [0.3, 0.4) is 0 Å². The Morgan fingerprint density at radius 2 is 2.21 bits per heavy atom. The van der Waals surface area contributed by atoms with Gasteiger partial charge in [-0.05, 0) is 12.1 Å². The third-order valence-corrected chi connectivity index (χ3v) is 4.48. The Kier molecular flexibility index (Phi) is 4.00. The molecule has 1 aliphatic heterocycles. The highest BCUT2D eigenvalue weighted by Crippen LogP contribution is 2.23. The van der Waals surface area contributed by atoms with E-state index in [1.54, 1.807) is 17.1 Å². The van der Waals surface area contributed by atoms with Gasteiger partial charge in [-0.1, -0.05) is 11.6 Å². The monoisotopic (exact) mass is 340 g/mol. The fourth-order valence-corrected chi connectivity index (χ4v) is 3.21. The second-order valence-corrected chi connectivity index (χ2v) is 6.37. The lowest BCUT2D eigenvalue weighted by molar-refractivity contribution is 0.239. The topological polar surface area (TPSA) is 59.7 Å². The summed E-state index contributed by atoms with van der Waals surface area (Å²) in [4.78, 5) is 15.7. The molecule has 3 aromatic heterocycles. The van der Waals surface area contributed by atoms with E-state index in [2.05, 4.69) is 20.0 Å². The summed E-state index contributed by atoms with van der Waals surface area (Å²) >= 11 is 6.21. The van der Waals surface area contributed by atoms with E-state index in [4.69, 9.17) is 16.6 Å². The Labute approximate surface area is 145 Å². The SMILES string of the molecule is Cn1cc(Cl)c(CN2CCc3nc(-c4cccnc4)ncc3C2)n1. The van der Waals surface area contributed by atoms with E-state index in [0.717, 1.165) is 48.8 Å². The average Bonchev–Trinajstić information content (AvgIpc) is 2.92. The maximum atomic E-state index is 6.21. The minimum atomic E-state index is 0.714. The number of rotatable bonds is 3. The van der Waals surface area contributed by atoms with Gasteiger partial charge < -0.3 is 0 Å². The lowest BCUT2D eigenvalue weighted by Gasteiger charge is -2.27. The lowest BCUT2D eigenvalue weighted by Crippen LogP contribution is -2.31. The molecule has 0 radical (unpaired) electrons. The summed E-state index contributed by atoms with van der Waals surface area (Å²) in [5, 5.41) is 5.13. The zero-order valence-corrected chi connectivity index (χ0v) is 14.1. The van der Waals surface area contributed by atoms with Crippen LogP contribution >= 0.6 is 11.6 Å². The van der Waals surface area contributed by atoms with Crippen LogP contribution < -0.4 is 0 Å². The largest absolute Gasteiger partial charge is 0.293 e. The molecule has 7 heteroatoms. The highest BCUT2D eigenvalue weighted by molar-refractivity contribution is 6.31. The fraction of sp³-hybridized carbons (Fsp3) is 0.294. The van der Waals surface area contributed by atoms with Crippen molar-refractivity contribution in [2.24, 2.45) is 7.05 Å². The minimum Gasteiger partial charge on any atom is -0.293 e. The van der Waals surface area contributed by atoms with Crippen molar-refractivity contribution < 1.29 is 0 Å². The molecular weight excluding hydrogens is 324 g/mol. The van der Waals surface area contributed by atoms with Crippen molar-refractivity contribution in [2.75, 3.05) is 6.54 Å². The number of halogens is 1. The third-order valence-electron chi connectivity index (χ3n) is 4.16. The molecule has 0 fully saturated rings. The van der Waals surface area contributed by atoms with E-state index in [0.29, 0.717) is 5.02 Å². The van der Waals surface area contributed by atoms with E-state index >= 15 is 0 Å². The summed E-state index contributed by atoms with van der Waals surface area (Å²) in [7, 11) is 1.88. The van der Waals surface area contributed by atoms with Crippen molar-refractivity contribution in [2.45, 2.75) is 19.5 Å². The van der Waals surface area contributed by atoms with Crippen LogP contribution in [0.4, 0.5) is 0 Å². The van der Waals surface area contributed by atoms with Crippen molar-refractivity contribution in [1.82, 2.24) is 29.6 Å². The second kappa shape index (κ2) is 6.30. The molecule has 0 spiro atoms. The van der Waals surface area contributed by atoms with Gasteiger partial charge in [-0.2, -0.15) is 5.10 Å². The minimum absolute atomic E-state index is 0.714. The van der Waals surface area contributed by atoms with E-state index in [9.17, 15) is 0 Å². The van der Waals surface area contributed by atoms with Crippen LogP contribution in [-0.4, -0.2) is 36.2 Å². The molecule has 0 unspecified atom stereocenters. The van der Waals surface area contributed by atoms with E-state index in [-0.39, 0.29) is 0 Å². The number of hydrogen-bond donors (Lipinski definition) is 0. The zero-order valence-electron chi connectivity index (χ0n) is 13.4. The van der Waals surface area contributed by atoms with Gasteiger partial charge in [0.25, 0.3) is 0 Å². The van der Waals surface area contributed by atoms with Crippen LogP contribution in [0, 0.1) is 0 Å². The van der Waals surface area contributed by atoms with E-state index < -0.39 is 0 Å². The first kappa shape index (κ1) is 15.2. The first-order valence-electron chi connectivity index (χ1n) is 7.84. The summed E-state index contributed by atoms with van der Waals surface area (Å²) in [6, 6.07) is 3.88. The smallest absolute Gasteiger partial charge is 0.160 e. The molecule has 0 aliphatic carbocycles. The predicted molar refractivity (Wildman–Crippen MR) is 91.3 cm³/mol. The van der Waals surface area contributed by atoms with Crippen molar-refractivity contribution in [3.63, 3.8) is 0 Å². The number of hydrogen-bond acceptors (Lipinski definition) is 5. The quantitative estimate of drug-likeness (QED) is 0.733. The molecule has 122 valence electrons. The van der Waals surface area contributed by atoms with Crippen molar-refractivity contribution in [1.29, 1.82) is 0 Å². The molecule has 6 nitrogen and oxygen atoms in total. The molecule has 1 aliphatic rings. The summed E-state index contributed by atoms with van der Waals surface area (Å²) in [5.41, 5.74) is 4.15. The van der Waals surface area contributed by atoms with Gasteiger partial charge in [-0.3, -0.25) is 14.6 Å². The van der Waals surface area contributed by atoms with Gasteiger partial charge in [-0.15, -0.1) is 0 Å².